The summed E-state index contributed by atoms with van der Waals surface area (Å²) in [7, 11) is 0.209. The third-order valence-corrected chi connectivity index (χ3v) is 3.81. The molecule has 4 heteroatoms. The fraction of sp³-hybridized carbons (Fsp3) is 0.143. The smallest absolute Gasteiger partial charge is 0.417 e. The summed E-state index contributed by atoms with van der Waals surface area (Å²) in [6.07, 6.45) is 0.805. The first-order valence-corrected chi connectivity index (χ1v) is 6.82. The van der Waals surface area contributed by atoms with Gasteiger partial charge in [0.05, 0.1) is 0 Å². The van der Waals surface area contributed by atoms with Gasteiger partial charge in [-0.05, 0) is 23.3 Å². The molecule has 0 aliphatic carbocycles. The van der Waals surface area contributed by atoms with Crippen molar-refractivity contribution in [1.82, 2.24) is 0 Å². The van der Waals surface area contributed by atoms with Crippen LogP contribution >= 0.6 is 8.60 Å². The summed E-state index contributed by atoms with van der Waals surface area (Å²) < 4.78 is 16.8. The van der Waals surface area contributed by atoms with Crippen LogP contribution in [0.25, 0.3) is 0 Å². The fourth-order valence-corrected chi connectivity index (χ4v) is 2.80. The second-order valence-electron chi connectivity index (χ2n) is 3.98. The van der Waals surface area contributed by atoms with Gasteiger partial charge in [-0.15, -0.1) is 0 Å². The van der Waals surface area contributed by atoms with Crippen molar-refractivity contribution in [3.63, 3.8) is 0 Å². The van der Waals surface area contributed by atoms with Gasteiger partial charge < -0.3 is 9.05 Å². The van der Waals surface area contributed by atoms with E-state index < -0.39 is 8.60 Å². The molecule has 0 fully saturated rings. The third kappa shape index (κ3) is 2.20. The van der Waals surface area contributed by atoms with E-state index in [1.807, 2.05) is 36.4 Å². The average Bonchev–Trinajstić information content (AvgIpc) is 2.39. The summed E-state index contributed by atoms with van der Waals surface area (Å²) in [6.45, 7) is 0. The van der Waals surface area contributed by atoms with E-state index in [-0.39, 0.29) is 0 Å². The molecule has 92 valence electrons. The highest BCUT2D eigenvalue weighted by Gasteiger charge is 2.22. The molecule has 3 nitrogen and oxygen atoms in total. The van der Waals surface area contributed by atoms with Crippen LogP contribution in [0.5, 0.6) is 11.5 Å². The molecule has 0 saturated heterocycles. The molecule has 1 aliphatic heterocycles. The molecular formula is C14H13O3P. The minimum atomic E-state index is -1.39. The van der Waals surface area contributed by atoms with Crippen LogP contribution < -0.4 is 9.05 Å². The minimum Gasteiger partial charge on any atom is -0.417 e. The van der Waals surface area contributed by atoms with Gasteiger partial charge in [-0.1, -0.05) is 36.4 Å². The Balaban J connectivity index is 2.07. The zero-order valence-corrected chi connectivity index (χ0v) is 10.9. The van der Waals surface area contributed by atoms with Crippen LogP contribution in [0.4, 0.5) is 0 Å². The van der Waals surface area contributed by atoms with Crippen molar-refractivity contribution >= 4 is 8.60 Å². The van der Waals surface area contributed by atoms with Crippen molar-refractivity contribution in [1.29, 1.82) is 0 Å². The lowest BCUT2D eigenvalue weighted by Gasteiger charge is -2.22. The predicted molar refractivity (Wildman–Crippen MR) is 70.9 cm³/mol. The van der Waals surface area contributed by atoms with E-state index in [9.17, 15) is 0 Å². The Morgan fingerprint density at radius 2 is 1.39 bits per heavy atom. The molecule has 0 spiro atoms. The molecule has 18 heavy (non-hydrogen) atoms. The van der Waals surface area contributed by atoms with Gasteiger partial charge in [0.1, 0.15) is 11.5 Å². The van der Waals surface area contributed by atoms with Gasteiger partial charge in [-0.25, -0.2) is 0 Å². The van der Waals surface area contributed by atoms with Crippen LogP contribution in [0.3, 0.4) is 0 Å². The normalized spacial score (nSPS) is 14.5. The number of hydrogen-bond acceptors (Lipinski definition) is 3. The molecule has 3 rings (SSSR count). The molecule has 1 aliphatic rings. The summed E-state index contributed by atoms with van der Waals surface area (Å²) >= 11 is 0. The molecule has 1 heterocycles. The molecule has 0 bridgehead atoms. The first-order valence-electron chi connectivity index (χ1n) is 5.73. The van der Waals surface area contributed by atoms with Gasteiger partial charge in [-0.3, -0.25) is 4.52 Å². The molecule has 0 saturated carbocycles. The SMILES string of the molecule is COP1Oc2ccccc2Cc2ccccc2O1. The first-order chi connectivity index (χ1) is 8.86. The van der Waals surface area contributed by atoms with Crippen molar-refractivity contribution in [3.05, 3.63) is 59.7 Å². The Morgan fingerprint density at radius 1 is 0.889 bits per heavy atom. The van der Waals surface area contributed by atoms with Gasteiger partial charge in [0.25, 0.3) is 0 Å². The topological polar surface area (TPSA) is 27.7 Å². The van der Waals surface area contributed by atoms with Crippen molar-refractivity contribution in [2.24, 2.45) is 0 Å². The van der Waals surface area contributed by atoms with Crippen LogP contribution in [0, 0.1) is 0 Å². The Morgan fingerprint density at radius 3 is 1.89 bits per heavy atom. The second-order valence-corrected chi connectivity index (χ2v) is 5.16. The van der Waals surface area contributed by atoms with Crippen molar-refractivity contribution in [3.8, 4) is 11.5 Å². The highest BCUT2D eigenvalue weighted by Crippen LogP contribution is 2.45. The van der Waals surface area contributed by atoms with E-state index >= 15 is 0 Å². The van der Waals surface area contributed by atoms with E-state index in [0.717, 1.165) is 29.0 Å². The third-order valence-electron chi connectivity index (χ3n) is 2.82. The average molecular weight is 260 g/mol. The summed E-state index contributed by atoms with van der Waals surface area (Å²) in [5.41, 5.74) is 2.30. The Hall–Kier alpha value is -1.57. The van der Waals surface area contributed by atoms with Crippen molar-refractivity contribution in [2.75, 3.05) is 7.11 Å². The standard InChI is InChI=1S/C14H13O3P/c1-15-18-16-13-8-4-2-6-11(13)10-12-7-3-5-9-14(12)17-18/h2-9H,10H2,1H3. The number of fused-ring (bicyclic) bond motifs is 2. The number of para-hydroxylation sites is 2. The van der Waals surface area contributed by atoms with Crippen LogP contribution in [-0.4, -0.2) is 7.11 Å². The molecule has 0 atom stereocenters. The molecule has 2 aromatic rings. The molecule has 2 aromatic carbocycles. The van der Waals surface area contributed by atoms with E-state index in [1.54, 1.807) is 7.11 Å². The molecule has 0 unspecified atom stereocenters. The van der Waals surface area contributed by atoms with Crippen LogP contribution in [0.15, 0.2) is 48.5 Å². The van der Waals surface area contributed by atoms with Gasteiger partial charge in [0, 0.05) is 13.5 Å². The largest absolute Gasteiger partial charge is 0.462 e. The lowest BCUT2D eigenvalue weighted by atomic mass is 10.0. The molecule has 0 amide bonds. The highest BCUT2D eigenvalue weighted by molar-refractivity contribution is 7.42. The van der Waals surface area contributed by atoms with Gasteiger partial charge in [0.2, 0.25) is 0 Å². The fourth-order valence-electron chi connectivity index (χ4n) is 1.94. The zero-order chi connectivity index (χ0) is 12.4. The number of benzene rings is 2. The maximum atomic E-state index is 5.76. The molecular weight excluding hydrogens is 247 g/mol. The monoisotopic (exact) mass is 260 g/mol. The lowest BCUT2D eigenvalue weighted by Crippen LogP contribution is -2.05. The van der Waals surface area contributed by atoms with Crippen LogP contribution in [0.2, 0.25) is 0 Å². The Bertz CT molecular complexity index is 509. The second kappa shape index (κ2) is 4.97. The van der Waals surface area contributed by atoms with Gasteiger partial charge in [-0.2, -0.15) is 0 Å². The van der Waals surface area contributed by atoms with Crippen LogP contribution in [0.1, 0.15) is 11.1 Å². The van der Waals surface area contributed by atoms with E-state index in [1.165, 1.54) is 0 Å². The number of hydrogen-bond donors (Lipinski definition) is 0. The minimum absolute atomic E-state index is 0.805. The lowest BCUT2D eigenvalue weighted by molar-refractivity contribution is 0.319. The highest BCUT2D eigenvalue weighted by atomic mass is 31.2. The van der Waals surface area contributed by atoms with Crippen LogP contribution in [-0.2, 0) is 10.9 Å². The van der Waals surface area contributed by atoms with Gasteiger partial charge in [0.15, 0.2) is 0 Å². The number of rotatable bonds is 1. The summed E-state index contributed by atoms with van der Waals surface area (Å²) in [4.78, 5) is 0. The van der Waals surface area contributed by atoms with Crippen molar-refractivity contribution < 1.29 is 13.6 Å². The Labute approximate surface area is 107 Å². The Kier molecular flexibility index (Phi) is 3.18. The van der Waals surface area contributed by atoms with Crippen molar-refractivity contribution in [2.45, 2.75) is 6.42 Å². The maximum absolute atomic E-state index is 5.76. The molecule has 0 N–H and O–H groups in total. The summed E-state index contributed by atoms with van der Waals surface area (Å²) in [5, 5.41) is 0. The summed E-state index contributed by atoms with van der Waals surface area (Å²) in [6, 6.07) is 16.0. The zero-order valence-electron chi connectivity index (χ0n) is 10.00. The maximum Gasteiger partial charge on any atom is 0.462 e. The predicted octanol–water partition coefficient (Wildman–Crippen LogP) is 3.92. The first kappa shape index (κ1) is 11.5. The quantitative estimate of drug-likeness (QED) is 0.727. The molecule has 0 radical (unpaired) electrons. The summed E-state index contributed by atoms with van der Waals surface area (Å²) in [5.74, 6) is 1.67. The van der Waals surface area contributed by atoms with E-state index in [0.29, 0.717) is 0 Å². The van der Waals surface area contributed by atoms with Gasteiger partial charge >= 0.3 is 8.60 Å². The van der Waals surface area contributed by atoms with E-state index in [4.69, 9.17) is 13.6 Å². The molecule has 0 aromatic heterocycles. The van der Waals surface area contributed by atoms with E-state index in [2.05, 4.69) is 12.1 Å².